The third-order valence-corrected chi connectivity index (χ3v) is 4.72. The molecule has 0 radical (unpaired) electrons. The molecular formula is C15H24BrN3. The number of nitrogens with one attached hydrogen (secondary N) is 1. The normalized spacial score (nSPS) is 18.7. The van der Waals surface area contributed by atoms with E-state index in [1.807, 2.05) is 0 Å². The van der Waals surface area contributed by atoms with Crippen LogP contribution >= 0.6 is 15.9 Å². The van der Waals surface area contributed by atoms with Crippen molar-refractivity contribution in [2.45, 2.75) is 13.0 Å². The van der Waals surface area contributed by atoms with Crippen molar-refractivity contribution in [1.82, 2.24) is 15.1 Å². The second-order valence-corrected chi connectivity index (χ2v) is 6.12. The molecule has 3 nitrogen and oxygen atoms in total. The number of hydrogen-bond donors (Lipinski definition) is 1. The first-order chi connectivity index (χ1) is 9.18. The number of benzene rings is 1. The molecule has 1 aliphatic heterocycles. The summed E-state index contributed by atoms with van der Waals surface area (Å²) in [7, 11) is 2.21. The minimum Gasteiger partial charge on any atom is -0.314 e. The lowest BCUT2D eigenvalue weighted by atomic mass is 10.1. The minimum absolute atomic E-state index is 0.443. The monoisotopic (exact) mass is 325 g/mol. The van der Waals surface area contributed by atoms with Crippen LogP contribution in [-0.4, -0.2) is 56.1 Å². The summed E-state index contributed by atoms with van der Waals surface area (Å²) in [6.45, 7) is 9.16. The summed E-state index contributed by atoms with van der Waals surface area (Å²) in [5, 5.41) is 3.40. The Hall–Kier alpha value is -0.420. The maximum Gasteiger partial charge on any atom is 0.0328 e. The quantitative estimate of drug-likeness (QED) is 0.896. The second kappa shape index (κ2) is 7.39. The zero-order chi connectivity index (χ0) is 13.7. The van der Waals surface area contributed by atoms with Crippen LogP contribution in [-0.2, 0) is 0 Å². The van der Waals surface area contributed by atoms with Crippen molar-refractivity contribution >= 4 is 15.9 Å². The van der Waals surface area contributed by atoms with Gasteiger partial charge in [-0.2, -0.15) is 0 Å². The predicted molar refractivity (Wildman–Crippen MR) is 84.5 cm³/mol. The molecular weight excluding hydrogens is 302 g/mol. The fraction of sp³-hybridized carbons (Fsp3) is 0.600. The van der Waals surface area contributed by atoms with E-state index in [0.29, 0.717) is 6.04 Å². The average Bonchev–Trinajstić information content (AvgIpc) is 2.45. The summed E-state index contributed by atoms with van der Waals surface area (Å²) in [5.41, 5.74) is 1.37. The van der Waals surface area contributed by atoms with E-state index in [4.69, 9.17) is 0 Å². The maximum absolute atomic E-state index is 3.65. The summed E-state index contributed by atoms with van der Waals surface area (Å²) in [6, 6.07) is 8.95. The Balaban J connectivity index is 1.85. The van der Waals surface area contributed by atoms with Crippen molar-refractivity contribution in [3.8, 4) is 0 Å². The van der Waals surface area contributed by atoms with Gasteiger partial charge in [-0.1, -0.05) is 34.1 Å². The smallest absolute Gasteiger partial charge is 0.0328 e. The third kappa shape index (κ3) is 4.28. The van der Waals surface area contributed by atoms with E-state index in [9.17, 15) is 0 Å². The van der Waals surface area contributed by atoms with Gasteiger partial charge in [-0.3, -0.25) is 9.80 Å². The standard InChI is InChI=1S/C15H24BrN3/c1-13(14-5-3-4-6-15(14)16)18(2)11-12-19-9-7-17-8-10-19/h3-6,13,17H,7-12H2,1-2H3. The van der Waals surface area contributed by atoms with E-state index in [-0.39, 0.29) is 0 Å². The summed E-state index contributed by atoms with van der Waals surface area (Å²) >= 11 is 3.65. The topological polar surface area (TPSA) is 18.5 Å². The van der Waals surface area contributed by atoms with Crippen molar-refractivity contribution in [2.24, 2.45) is 0 Å². The lowest BCUT2D eigenvalue weighted by molar-refractivity contribution is 0.183. The predicted octanol–water partition coefficient (Wildman–Crippen LogP) is 2.35. The first-order valence-electron chi connectivity index (χ1n) is 7.06. The molecule has 1 atom stereocenters. The number of nitrogens with zero attached hydrogens (tertiary/aromatic N) is 2. The van der Waals surface area contributed by atoms with Gasteiger partial charge in [-0.05, 0) is 25.6 Å². The molecule has 0 bridgehead atoms. The Bertz CT molecular complexity index is 391. The van der Waals surface area contributed by atoms with Gasteiger partial charge < -0.3 is 5.32 Å². The molecule has 1 aromatic carbocycles. The molecule has 0 aliphatic carbocycles. The van der Waals surface area contributed by atoms with Gasteiger partial charge >= 0.3 is 0 Å². The van der Waals surface area contributed by atoms with Crippen molar-refractivity contribution in [1.29, 1.82) is 0 Å². The van der Waals surface area contributed by atoms with Gasteiger partial charge in [-0.15, -0.1) is 0 Å². The van der Waals surface area contributed by atoms with Crippen LogP contribution in [0.5, 0.6) is 0 Å². The highest BCUT2D eigenvalue weighted by atomic mass is 79.9. The maximum atomic E-state index is 3.65. The molecule has 1 saturated heterocycles. The van der Waals surface area contributed by atoms with Crippen LogP contribution in [0.3, 0.4) is 0 Å². The van der Waals surface area contributed by atoms with Gasteiger partial charge in [0.15, 0.2) is 0 Å². The van der Waals surface area contributed by atoms with Crippen LogP contribution < -0.4 is 5.32 Å². The molecule has 1 aromatic rings. The van der Waals surface area contributed by atoms with Crippen molar-refractivity contribution in [3.05, 3.63) is 34.3 Å². The van der Waals surface area contributed by atoms with Crippen LogP contribution in [0.15, 0.2) is 28.7 Å². The lowest BCUT2D eigenvalue weighted by Crippen LogP contribution is -2.46. The van der Waals surface area contributed by atoms with E-state index in [0.717, 1.165) is 26.2 Å². The summed E-state index contributed by atoms with van der Waals surface area (Å²) in [5.74, 6) is 0. The Morgan fingerprint density at radius 2 is 2.00 bits per heavy atom. The van der Waals surface area contributed by atoms with Gasteiger partial charge in [0.1, 0.15) is 0 Å². The number of hydrogen-bond acceptors (Lipinski definition) is 3. The first kappa shape index (κ1) is 15.0. The number of piperazine rings is 1. The Morgan fingerprint density at radius 1 is 1.32 bits per heavy atom. The van der Waals surface area contributed by atoms with E-state index in [1.165, 1.54) is 23.1 Å². The largest absolute Gasteiger partial charge is 0.314 e. The van der Waals surface area contributed by atoms with E-state index < -0.39 is 0 Å². The number of rotatable bonds is 5. The molecule has 0 amide bonds. The Labute approximate surface area is 125 Å². The summed E-state index contributed by atoms with van der Waals surface area (Å²) in [6.07, 6.45) is 0. The minimum atomic E-state index is 0.443. The fourth-order valence-corrected chi connectivity index (χ4v) is 3.09. The highest BCUT2D eigenvalue weighted by Gasteiger charge is 2.16. The highest BCUT2D eigenvalue weighted by molar-refractivity contribution is 9.10. The SMILES string of the molecule is CC(c1ccccc1Br)N(C)CCN1CCNCC1. The fourth-order valence-electron chi connectivity index (χ4n) is 2.48. The molecule has 0 spiro atoms. The van der Waals surface area contributed by atoms with Crippen LogP contribution in [0.2, 0.25) is 0 Å². The first-order valence-corrected chi connectivity index (χ1v) is 7.85. The van der Waals surface area contributed by atoms with Crippen LogP contribution in [0.1, 0.15) is 18.5 Å². The molecule has 1 N–H and O–H groups in total. The van der Waals surface area contributed by atoms with Crippen molar-refractivity contribution in [3.63, 3.8) is 0 Å². The highest BCUT2D eigenvalue weighted by Crippen LogP contribution is 2.26. The Kier molecular flexibility index (Phi) is 5.82. The van der Waals surface area contributed by atoms with Gasteiger partial charge in [-0.25, -0.2) is 0 Å². The van der Waals surface area contributed by atoms with E-state index in [2.05, 4.69) is 69.3 Å². The van der Waals surface area contributed by atoms with Gasteiger partial charge in [0, 0.05) is 49.8 Å². The molecule has 2 rings (SSSR count). The molecule has 1 unspecified atom stereocenters. The molecule has 106 valence electrons. The third-order valence-electron chi connectivity index (χ3n) is 4.00. The van der Waals surface area contributed by atoms with Gasteiger partial charge in [0.25, 0.3) is 0 Å². The van der Waals surface area contributed by atoms with E-state index in [1.54, 1.807) is 0 Å². The zero-order valence-corrected chi connectivity index (χ0v) is 13.5. The number of likely N-dealkylation sites (N-methyl/N-ethyl adjacent to an activating group) is 1. The molecule has 0 saturated carbocycles. The Morgan fingerprint density at radius 3 is 2.68 bits per heavy atom. The molecule has 19 heavy (non-hydrogen) atoms. The average molecular weight is 326 g/mol. The molecule has 1 fully saturated rings. The molecule has 1 aliphatic rings. The zero-order valence-electron chi connectivity index (χ0n) is 11.9. The van der Waals surface area contributed by atoms with E-state index >= 15 is 0 Å². The van der Waals surface area contributed by atoms with Crippen molar-refractivity contribution in [2.75, 3.05) is 46.3 Å². The van der Waals surface area contributed by atoms with Crippen LogP contribution in [0.4, 0.5) is 0 Å². The summed E-state index contributed by atoms with van der Waals surface area (Å²) < 4.78 is 1.21. The lowest BCUT2D eigenvalue weighted by Gasteiger charge is -2.31. The molecule has 0 aromatic heterocycles. The van der Waals surface area contributed by atoms with Gasteiger partial charge in [0.05, 0.1) is 0 Å². The van der Waals surface area contributed by atoms with Crippen LogP contribution in [0, 0.1) is 0 Å². The molecule has 1 heterocycles. The van der Waals surface area contributed by atoms with Crippen molar-refractivity contribution < 1.29 is 0 Å². The van der Waals surface area contributed by atoms with Crippen LogP contribution in [0.25, 0.3) is 0 Å². The molecule has 4 heteroatoms. The number of halogens is 1. The summed E-state index contributed by atoms with van der Waals surface area (Å²) in [4.78, 5) is 4.97. The van der Waals surface area contributed by atoms with Gasteiger partial charge in [0.2, 0.25) is 0 Å². The second-order valence-electron chi connectivity index (χ2n) is 5.27.